The lowest BCUT2D eigenvalue weighted by atomic mass is 9.69. The predicted molar refractivity (Wildman–Crippen MR) is 69.1 cm³/mol. The number of hydrogen-bond donors (Lipinski definition) is 2. The van der Waals surface area contributed by atoms with Crippen molar-refractivity contribution in [3.05, 3.63) is 23.3 Å². The molecule has 18 heavy (non-hydrogen) atoms. The minimum Gasteiger partial charge on any atom is -0.507 e. The third-order valence-electron chi connectivity index (χ3n) is 4.72. The second-order valence-electron chi connectivity index (χ2n) is 5.69. The van der Waals surface area contributed by atoms with Crippen molar-refractivity contribution in [3.8, 4) is 11.5 Å². The zero-order valence-electron chi connectivity index (χ0n) is 10.8. The first-order valence-corrected chi connectivity index (χ1v) is 6.73. The zero-order chi connectivity index (χ0) is 12.8. The van der Waals surface area contributed by atoms with Gasteiger partial charge in [-0.15, -0.1) is 0 Å². The van der Waals surface area contributed by atoms with Gasteiger partial charge in [-0.2, -0.15) is 0 Å². The summed E-state index contributed by atoms with van der Waals surface area (Å²) in [5.74, 6) is 1.11. The Labute approximate surface area is 107 Å². The molecule has 3 heteroatoms. The number of rotatable bonds is 1. The molecule has 0 saturated heterocycles. The quantitative estimate of drug-likeness (QED) is 0.803. The third-order valence-corrected chi connectivity index (χ3v) is 4.72. The van der Waals surface area contributed by atoms with Gasteiger partial charge in [-0.3, -0.25) is 0 Å². The van der Waals surface area contributed by atoms with E-state index in [2.05, 4.69) is 6.07 Å². The highest BCUT2D eigenvalue weighted by Gasteiger charge is 2.43. The number of phenols is 1. The Morgan fingerprint density at radius 3 is 2.61 bits per heavy atom. The Kier molecular flexibility index (Phi) is 2.74. The Bertz CT molecular complexity index is 459. The first kappa shape index (κ1) is 11.8. The van der Waals surface area contributed by atoms with E-state index in [1.165, 1.54) is 5.56 Å². The molecular weight excluding hydrogens is 228 g/mol. The fourth-order valence-corrected chi connectivity index (χ4v) is 3.74. The van der Waals surface area contributed by atoms with Gasteiger partial charge < -0.3 is 14.9 Å². The fourth-order valence-electron chi connectivity index (χ4n) is 3.74. The van der Waals surface area contributed by atoms with Gasteiger partial charge in [0.25, 0.3) is 0 Å². The van der Waals surface area contributed by atoms with Gasteiger partial charge in [-0.05, 0) is 55.6 Å². The fraction of sp³-hybridized carbons (Fsp3) is 0.600. The molecular formula is C15H20O3. The van der Waals surface area contributed by atoms with Crippen LogP contribution in [0, 0.1) is 0 Å². The average Bonchev–Trinajstić information content (AvgIpc) is 2.73. The first-order valence-electron chi connectivity index (χ1n) is 6.73. The van der Waals surface area contributed by atoms with Crippen molar-refractivity contribution >= 4 is 0 Å². The maximum absolute atomic E-state index is 10.3. The zero-order valence-corrected chi connectivity index (χ0v) is 10.8. The molecule has 3 nitrogen and oxygen atoms in total. The molecule has 0 radical (unpaired) electrons. The lowest BCUT2D eigenvalue weighted by Gasteiger charge is -2.36. The van der Waals surface area contributed by atoms with Crippen molar-refractivity contribution in [1.29, 1.82) is 0 Å². The maximum Gasteiger partial charge on any atom is 0.123 e. The summed E-state index contributed by atoms with van der Waals surface area (Å²) in [6.07, 6.45) is 5.63. The predicted octanol–water partition coefficient (Wildman–Crippen LogP) is 2.52. The van der Waals surface area contributed by atoms with E-state index in [4.69, 9.17) is 4.74 Å². The number of benzene rings is 1. The number of aliphatic hydroxyl groups excluding tert-OH is 1. The summed E-state index contributed by atoms with van der Waals surface area (Å²) in [6, 6.07) is 3.77. The molecule has 1 saturated carbocycles. The van der Waals surface area contributed by atoms with Gasteiger partial charge in [-0.1, -0.05) is 0 Å². The Morgan fingerprint density at radius 1 is 1.22 bits per heavy atom. The van der Waals surface area contributed by atoms with Crippen LogP contribution in [0.1, 0.15) is 43.2 Å². The van der Waals surface area contributed by atoms with Crippen molar-refractivity contribution in [2.24, 2.45) is 0 Å². The highest BCUT2D eigenvalue weighted by atomic mass is 16.5. The number of ether oxygens (including phenoxy) is 1. The summed E-state index contributed by atoms with van der Waals surface area (Å²) < 4.78 is 5.21. The van der Waals surface area contributed by atoms with E-state index in [-0.39, 0.29) is 11.5 Å². The minimum atomic E-state index is -0.153. The van der Waals surface area contributed by atoms with Gasteiger partial charge in [-0.25, -0.2) is 0 Å². The molecule has 2 aliphatic rings. The molecule has 1 aromatic rings. The number of hydrogen-bond acceptors (Lipinski definition) is 3. The van der Waals surface area contributed by atoms with Crippen LogP contribution in [0.2, 0.25) is 0 Å². The molecule has 3 rings (SSSR count). The van der Waals surface area contributed by atoms with Crippen LogP contribution in [0.25, 0.3) is 0 Å². The van der Waals surface area contributed by atoms with E-state index in [9.17, 15) is 10.2 Å². The normalized spacial score (nSPS) is 30.4. The van der Waals surface area contributed by atoms with Crippen molar-refractivity contribution in [2.75, 3.05) is 7.11 Å². The van der Waals surface area contributed by atoms with Crippen LogP contribution >= 0.6 is 0 Å². The van der Waals surface area contributed by atoms with Crippen molar-refractivity contribution < 1.29 is 14.9 Å². The van der Waals surface area contributed by atoms with Gasteiger partial charge in [0.15, 0.2) is 0 Å². The van der Waals surface area contributed by atoms with Crippen LogP contribution < -0.4 is 4.74 Å². The van der Waals surface area contributed by atoms with Gasteiger partial charge in [0, 0.05) is 11.6 Å². The van der Waals surface area contributed by atoms with E-state index in [1.807, 2.05) is 0 Å². The van der Waals surface area contributed by atoms with Gasteiger partial charge >= 0.3 is 0 Å². The van der Waals surface area contributed by atoms with Crippen LogP contribution in [-0.2, 0) is 11.8 Å². The highest BCUT2D eigenvalue weighted by molar-refractivity contribution is 5.53. The van der Waals surface area contributed by atoms with Crippen LogP contribution in [-0.4, -0.2) is 23.4 Å². The summed E-state index contributed by atoms with van der Waals surface area (Å²) in [7, 11) is 1.63. The minimum absolute atomic E-state index is 0.102. The second-order valence-corrected chi connectivity index (χ2v) is 5.69. The monoisotopic (exact) mass is 248 g/mol. The Hall–Kier alpha value is -1.22. The smallest absolute Gasteiger partial charge is 0.123 e. The van der Waals surface area contributed by atoms with Crippen molar-refractivity contribution in [1.82, 2.24) is 0 Å². The standard InChI is InChI=1S/C15H20O3/c1-18-12-8-10-2-5-15(14(10)13(17)9-12)6-3-11(16)4-7-15/h8-9,11,16-17H,2-7H2,1H3. The molecule has 2 N–H and O–H groups in total. The molecule has 0 aliphatic heterocycles. The summed E-state index contributed by atoms with van der Waals surface area (Å²) in [6.45, 7) is 0. The van der Waals surface area contributed by atoms with Crippen LogP contribution in [0.15, 0.2) is 12.1 Å². The Morgan fingerprint density at radius 2 is 1.94 bits per heavy atom. The number of aliphatic hydroxyl groups is 1. The summed E-state index contributed by atoms with van der Waals surface area (Å²) >= 11 is 0. The third kappa shape index (κ3) is 1.69. The van der Waals surface area contributed by atoms with Crippen LogP contribution in [0.3, 0.4) is 0 Å². The van der Waals surface area contributed by atoms with Crippen molar-refractivity contribution in [2.45, 2.75) is 50.0 Å². The number of fused-ring (bicyclic) bond motifs is 2. The molecule has 2 aliphatic carbocycles. The van der Waals surface area contributed by atoms with E-state index in [1.54, 1.807) is 13.2 Å². The average molecular weight is 248 g/mol. The Balaban J connectivity index is 2.01. The molecule has 0 atom stereocenters. The number of phenolic OH excluding ortho intramolecular Hbond substituents is 1. The highest BCUT2D eigenvalue weighted by Crippen LogP contribution is 2.52. The maximum atomic E-state index is 10.3. The molecule has 0 amide bonds. The van der Waals surface area contributed by atoms with Gasteiger partial charge in [0.05, 0.1) is 13.2 Å². The molecule has 1 spiro atoms. The number of methoxy groups -OCH3 is 1. The molecule has 1 aromatic carbocycles. The topological polar surface area (TPSA) is 49.7 Å². The molecule has 98 valence electrons. The lowest BCUT2D eigenvalue weighted by Crippen LogP contribution is -2.31. The molecule has 0 aromatic heterocycles. The van der Waals surface area contributed by atoms with E-state index in [0.29, 0.717) is 5.75 Å². The molecule has 1 fully saturated rings. The van der Waals surface area contributed by atoms with Gasteiger partial charge in [0.2, 0.25) is 0 Å². The lowest BCUT2D eigenvalue weighted by molar-refractivity contribution is 0.0946. The summed E-state index contributed by atoms with van der Waals surface area (Å²) in [4.78, 5) is 0. The summed E-state index contributed by atoms with van der Waals surface area (Å²) in [5.41, 5.74) is 2.45. The van der Waals surface area contributed by atoms with E-state index >= 15 is 0 Å². The SMILES string of the molecule is COc1cc(O)c2c(c1)CCC21CCC(O)CC1. The largest absolute Gasteiger partial charge is 0.507 e. The molecule has 0 bridgehead atoms. The molecule has 0 unspecified atom stereocenters. The van der Waals surface area contributed by atoms with Crippen LogP contribution in [0.4, 0.5) is 0 Å². The van der Waals surface area contributed by atoms with E-state index in [0.717, 1.165) is 49.8 Å². The van der Waals surface area contributed by atoms with Crippen molar-refractivity contribution in [3.63, 3.8) is 0 Å². The van der Waals surface area contributed by atoms with Gasteiger partial charge in [0.1, 0.15) is 11.5 Å². The number of aromatic hydroxyl groups is 1. The molecule has 0 heterocycles. The number of aryl methyl sites for hydroxylation is 1. The second kappa shape index (κ2) is 4.16. The summed E-state index contributed by atoms with van der Waals surface area (Å²) in [5, 5.41) is 20.0. The first-order chi connectivity index (χ1) is 8.64. The van der Waals surface area contributed by atoms with E-state index < -0.39 is 0 Å². The van der Waals surface area contributed by atoms with Crippen LogP contribution in [0.5, 0.6) is 11.5 Å².